The minimum absolute atomic E-state index is 0.207. The third-order valence-corrected chi connectivity index (χ3v) is 5.07. The van der Waals surface area contributed by atoms with Gasteiger partial charge in [0.2, 0.25) is 5.91 Å². The number of β-lactam (4-membered cyclic amide) rings is 1. The zero-order valence-electron chi connectivity index (χ0n) is 17.5. The van der Waals surface area contributed by atoms with Crippen LogP contribution in [0.1, 0.15) is 26.7 Å². The topological polar surface area (TPSA) is 146 Å². The number of amides is 4. The normalized spacial score (nSPS) is 21.3. The van der Waals surface area contributed by atoms with Gasteiger partial charge >= 0.3 is 18.1 Å². The Labute approximate surface area is 175 Å². The van der Waals surface area contributed by atoms with Crippen LogP contribution < -0.4 is 11.1 Å². The van der Waals surface area contributed by atoms with Crippen molar-refractivity contribution in [1.82, 2.24) is 20.0 Å². The maximum Gasteiger partial charge on any atom is 0.409 e. The number of carboxylic acid groups (broad SMARTS) is 1. The van der Waals surface area contributed by atoms with Crippen LogP contribution in [0.3, 0.4) is 0 Å². The molecule has 0 aromatic heterocycles. The Morgan fingerprint density at radius 2 is 1.83 bits per heavy atom. The zero-order chi connectivity index (χ0) is 22.4. The summed E-state index contributed by atoms with van der Waals surface area (Å²) in [5, 5.41) is 12.3. The molecule has 4 amide bonds. The zero-order valence-corrected chi connectivity index (χ0v) is 17.5. The maximum absolute atomic E-state index is 12.8. The number of imide groups is 1. The van der Waals surface area contributed by atoms with Gasteiger partial charge in [-0.15, -0.1) is 0 Å². The van der Waals surface area contributed by atoms with Gasteiger partial charge in [-0.1, -0.05) is 20.4 Å². The number of rotatable bonds is 8. The monoisotopic (exact) mass is 425 g/mol. The molecule has 0 aromatic carbocycles. The average molecular weight is 425 g/mol. The Hall–Kier alpha value is -2.98. The molecular formula is C19H31N5O6. The number of carbonyl (C=O) groups is 4. The van der Waals surface area contributed by atoms with E-state index in [4.69, 9.17) is 10.5 Å². The SMILES string of the molecule is C=C(N)NCCC[C@H]1C(=O)N(C(=O)N2CCN(C(=O)OCC(C)C)CC2)C1C(=O)O. The van der Waals surface area contributed by atoms with E-state index < -0.39 is 36.0 Å². The van der Waals surface area contributed by atoms with Crippen molar-refractivity contribution in [3.63, 3.8) is 0 Å². The molecule has 4 N–H and O–H groups in total. The molecule has 0 aliphatic carbocycles. The predicted octanol–water partition coefficient (Wildman–Crippen LogP) is 0.228. The summed E-state index contributed by atoms with van der Waals surface area (Å²) < 4.78 is 5.18. The second-order valence-electron chi connectivity index (χ2n) is 7.92. The van der Waals surface area contributed by atoms with Crippen LogP contribution in [-0.2, 0) is 14.3 Å². The van der Waals surface area contributed by atoms with Crippen molar-refractivity contribution in [3.05, 3.63) is 12.4 Å². The summed E-state index contributed by atoms with van der Waals surface area (Å²) in [5.41, 5.74) is 5.40. The van der Waals surface area contributed by atoms with E-state index in [-0.39, 0.29) is 32.1 Å². The number of nitrogens with two attached hydrogens (primary N) is 1. The Balaban J connectivity index is 1.87. The maximum atomic E-state index is 12.8. The van der Waals surface area contributed by atoms with Crippen LogP contribution in [0.15, 0.2) is 12.4 Å². The van der Waals surface area contributed by atoms with E-state index in [9.17, 15) is 24.3 Å². The van der Waals surface area contributed by atoms with Gasteiger partial charge in [-0.25, -0.2) is 19.3 Å². The van der Waals surface area contributed by atoms with Gasteiger partial charge in [0.05, 0.1) is 18.3 Å². The molecule has 11 nitrogen and oxygen atoms in total. The number of likely N-dealkylation sites (tertiary alicyclic amines) is 1. The highest BCUT2D eigenvalue weighted by Gasteiger charge is 2.55. The number of ether oxygens (including phenoxy) is 1. The van der Waals surface area contributed by atoms with Crippen LogP contribution in [0.25, 0.3) is 0 Å². The van der Waals surface area contributed by atoms with Crippen LogP contribution in [0.2, 0.25) is 0 Å². The van der Waals surface area contributed by atoms with Gasteiger partial charge in [0, 0.05) is 32.7 Å². The number of aliphatic carboxylic acids is 1. The molecule has 2 rings (SSSR count). The minimum atomic E-state index is -1.21. The minimum Gasteiger partial charge on any atom is -0.480 e. The summed E-state index contributed by atoms with van der Waals surface area (Å²) >= 11 is 0. The predicted molar refractivity (Wildman–Crippen MR) is 107 cm³/mol. The highest BCUT2D eigenvalue weighted by molar-refractivity contribution is 6.07. The molecule has 2 fully saturated rings. The largest absolute Gasteiger partial charge is 0.480 e. The second-order valence-corrected chi connectivity index (χ2v) is 7.92. The third-order valence-electron chi connectivity index (χ3n) is 5.07. The fourth-order valence-corrected chi connectivity index (χ4v) is 3.46. The van der Waals surface area contributed by atoms with Gasteiger partial charge in [0.15, 0.2) is 6.04 Å². The van der Waals surface area contributed by atoms with Crippen LogP contribution >= 0.6 is 0 Å². The number of carbonyl (C=O) groups excluding carboxylic acids is 3. The van der Waals surface area contributed by atoms with E-state index >= 15 is 0 Å². The molecule has 2 aliphatic rings. The first kappa shape index (κ1) is 23.3. The van der Waals surface area contributed by atoms with Crippen molar-refractivity contribution in [2.75, 3.05) is 39.3 Å². The summed E-state index contributed by atoms with van der Waals surface area (Å²) in [4.78, 5) is 52.6. The Bertz CT molecular complexity index is 689. The lowest BCUT2D eigenvalue weighted by Gasteiger charge is -2.46. The van der Waals surface area contributed by atoms with Crippen LogP contribution in [-0.4, -0.2) is 89.2 Å². The number of piperazine rings is 1. The second kappa shape index (κ2) is 10.2. The summed E-state index contributed by atoms with van der Waals surface area (Å²) in [5.74, 6) is -1.92. The van der Waals surface area contributed by atoms with Crippen LogP contribution in [0.5, 0.6) is 0 Å². The fraction of sp³-hybridized carbons (Fsp3) is 0.684. The summed E-state index contributed by atoms with van der Waals surface area (Å²) in [6.07, 6.45) is 0.415. The van der Waals surface area contributed by atoms with Gasteiger partial charge in [0.25, 0.3) is 0 Å². The van der Waals surface area contributed by atoms with Crippen molar-refractivity contribution in [1.29, 1.82) is 0 Å². The standard InChI is InChI=1S/C19H31N5O6/c1-12(2)11-30-19(29)23-9-7-22(8-10-23)18(28)24-15(17(26)27)14(16(24)25)5-4-6-21-13(3)20/h12,14-15,21H,3-11,20H2,1-2H3,(H,26,27)/t14-,15?/m1/s1. The first-order valence-corrected chi connectivity index (χ1v) is 10.1. The number of nitrogens with one attached hydrogen (secondary N) is 1. The summed E-state index contributed by atoms with van der Waals surface area (Å²) in [6.45, 7) is 9.10. The lowest BCUT2D eigenvalue weighted by molar-refractivity contribution is -0.167. The molecule has 0 saturated carbocycles. The fourth-order valence-electron chi connectivity index (χ4n) is 3.46. The third kappa shape index (κ3) is 5.55. The molecular weight excluding hydrogens is 394 g/mol. The summed E-state index contributed by atoms with van der Waals surface area (Å²) in [7, 11) is 0. The van der Waals surface area contributed by atoms with Gasteiger partial charge < -0.3 is 30.7 Å². The smallest absolute Gasteiger partial charge is 0.409 e. The first-order valence-electron chi connectivity index (χ1n) is 10.1. The molecule has 0 radical (unpaired) electrons. The van der Waals surface area contributed by atoms with E-state index in [2.05, 4.69) is 11.9 Å². The Morgan fingerprint density at radius 1 is 1.23 bits per heavy atom. The highest BCUT2D eigenvalue weighted by atomic mass is 16.6. The van der Waals surface area contributed by atoms with Gasteiger partial charge in [-0.2, -0.15) is 0 Å². The van der Waals surface area contributed by atoms with E-state index in [1.807, 2.05) is 13.8 Å². The lowest BCUT2D eigenvalue weighted by Crippen LogP contribution is -2.69. The van der Waals surface area contributed by atoms with Crippen molar-refractivity contribution >= 4 is 24.0 Å². The van der Waals surface area contributed by atoms with Gasteiger partial charge in [-0.3, -0.25) is 4.79 Å². The molecule has 2 aliphatic heterocycles. The lowest BCUT2D eigenvalue weighted by atomic mass is 9.83. The van der Waals surface area contributed by atoms with Gasteiger partial charge in [0.1, 0.15) is 0 Å². The van der Waals surface area contributed by atoms with E-state index in [1.54, 1.807) is 0 Å². The molecule has 1 unspecified atom stereocenters. The molecule has 0 spiro atoms. The van der Waals surface area contributed by atoms with Crippen molar-refractivity contribution in [2.45, 2.75) is 32.7 Å². The quantitative estimate of drug-likeness (QED) is 0.370. The number of hydrogen-bond acceptors (Lipinski definition) is 7. The summed E-state index contributed by atoms with van der Waals surface area (Å²) in [6, 6.07) is -1.81. The number of carboxylic acids is 1. The molecule has 2 saturated heterocycles. The average Bonchev–Trinajstić information content (AvgIpc) is 2.69. The Morgan fingerprint density at radius 3 is 2.37 bits per heavy atom. The Kier molecular flexibility index (Phi) is 7.90. The van der Waals surface area contributed by atoms with E-state index in [1.165, 1.54) is 9.80 Å². The van der Waals surface area contributed by atoms with Crippen molar-refractivity contribution in [2.24, 2.45) is 17.6 Å². The molecule has 30 heavy (non-hydrogen) atoms. The molecule has 2 atom stereocenters. The number of hydrogen-bond donors (Lipinski definition) is 3. The molecule has 0 aromatic rings. The molecule has 2 heterocycles. The van der Waals surface area contributed by atoms with Crippen LogP contribution in [0.4, 0.5) is 9.59 Å². The van der Waals surface area contributed by atoms with Crippen molar-refractivity contribution in [3.8, 4) is 0 Å². The highest BCUT2D eigenvalue weighted by Crippen LogP contribution is 2.32. The molecule has 168 valence electrons. The molecule has 11 heteroatoms. The van der Waals surface area contributed by atoms with Crippen LogP contribution in [0, 0.1) is 11.8 Å². The van der Waals surface area contributed by atoms with E-state index in [0.717, 1.165) is 4.90 Å². The van der Waals surface area contributed by atoms with Gasteiger partial charge in [-0.05, 0) is 18.8 Å². The first-order chi connectivity index (χ1) is 14.1. The number of nitrogens with zero attached hydrogens (tertiary/aromatic N) is 3. The van der Waals surface area contributed by atoms with E-state index in [0.29, 0.717) is 31.8 Å². The number of urea groups is 1. The van der Waals surface area contributed by atoms with Crippen molar-refractivity contribution < 1.29 is 29.0 Å². The molecule has 0 bridgehead atoms.